The highest BCUT2D eigenvalue weighted by Gasteiger charge is 2.31. The van der Waals surface area contributed by atoms with Gasteiger partial charge in [-0.05, 0) is 18.9 Å². The Morgan fingerprint density at radius 3 is 2.69 bits per heavy atom. The molecule has 1 fully saturated rings. The zero-order chi connectivity index (χ0) is 11.4. The van der Waals surface area contributed by atoms with E-state index in [-0.39, 0.29) is 5.54 Å². The van der Waals surface area contributed by atoms with E-state index in [1.165, 1.54) is 19.3 Å². The van der Waals surface area contributed by atoms with Crippen molar-refractivity contribution in [3.05, 3.63) is 23.5 Å². The van der Waals surface area contributed by atoms with Gasteiger partial charge in [0.1, 0.15) is 0 Å². The van der Waals surface area contributed by atoms with Gasteiger partial charge in [0.25, 0.3) is 0 Å². The van der Waals surface area contributed by atoms with Gasteiger partial charge in [0.15, 0.2) is 0 Å². The van der Waals surface area contributed by atoms with Crippen molar-refractivity contribution >= 4 is 28.9 Å². The summed E-state index contributed by atoms with van der Waals surface area (Å²) in [4.78, 5) is 3.98. The Morgan fingerprint density at radius 1 is 1.31 bits per heavy atom. The Labute approximate surface area is 106 Å². The summed E-state index contributed by atoms with van der Waals surface area (Å²) in [6.45, 7) is 0. The normalized spacial score (nSPS) is 19.4. The standard InChI is InChI=1S/C12H16Cl2N2/c13-9-12(5-2-1-3-6-12)16-11-4-7-15-8-10(11)14/h4,7-8H,1-3,5-6,9H2,(H,15,16). The van der Waals surface area contributed by atoms with Gasteiger partial charge in [-0.3, -0.25) is 4.98 Å². The summed E-state index contributed by atoms with van der Waals surface area (Å²) in [6, 6.07) is 1.91. The van der Waals surface area contributed by atoms with E-state index in [1.807, 2.05) is 6.07 Å². The van der Waals surface area contributed by atoms with Gasteiger partial charge in [0.2, 0.25) is 0 Å². The van der Waals surface area contributed by atoms with Gasteiger partial charge in [-0.15, -0.1) is 11.6 Å². The first-order valence-electron chi connectivity index (χ1n) is 5.69. The van der Waals surface area contributed by atoms with Crippen LogP contribution in [0.2, 0.25) is 5.02 Å². The van der Waals surface area contributed by atoms with Gasteiger partial charge < -0.3 is 5.32 Å². The maximum atomic E-state index is 6.12. The lowest BCUT2D eigenvalue weighted by Crippen LogP contribution is -2.42. The molecule has 1 aliphatic carbocycles. The third-order valence-corrected chi connectivity index (χ3v) is 4.05. The zero-order valence-electron chi connectivity index (χ0n) is 9.18. The molecule has 1 N–H and O–H groups in total. The molecule has 16 heavy (non-hydrogen) atoms. The molecule has 2 rings (SSSR count). The van der Waals surface area contributed by atoms with E-state index >= 15 is 0 Å². The van der Waals surface area contributed by atoms with E-state index in [4.69, 9.17) is 23.2 Å². The van der Waals surface area contributed by atoms with Crippen LogP contribution in [0.4, 0.5) is 5.69 Å². The smallest absolute Gasteiger partial charge is 0.0820 e. The van der Waals surface area contributed by atoms with Crippen LogP contribution in [-0.2, 0) is 0 Å². The van der Waals surface area contributed by atoms with Crippen LogP contribution in [0, 0.1) is 0 Å². The number of hydrogen-bond acceptors (Lipinski definition) is 2. The predicted molar refractivity (Wildman–Crippen MR) is 69.4 cm³/mol. The first-order chi connectivity index (χ1) is 7.76. The molecule has 0 atom stereocenters. The molecule has 0 spiro atoms. The molecule has 1 aromatic rings. The summed E-state index contributed by atoms with van der Waals surface area (Å²) in [5.74, 6) is 0.631. The Bertz CT molecular complexity index is 349. The van der Waals surface area contributed by atoms with E-state index in [0.29, 0.717) is 10.9 Å². The molecule has 0 radical (unpaired) electrons. The molecule has 0 unspecified atom stereocenters. The van der Waals surface area contributed by atoms with Gasteiger partial charge in [-0.2, -0.15) is 0 Å². The summed E-state index contributed by atoms with van der Waals surface area (Å²) in [7, 11) is 0. The average molecular weight is 259 g/mol. The van der Waals surface area contributed by atoms with Gasteiger partial charge in [0, 0.05) is 18.3 Å². The lowest BCUT2D eigenvalue weighted by Gasteiger charge is -2.37. The van der Waals surface area contributed by atoms with Crippen molar-refractivity contribution in [1.29, 1.82) is 0 Å². The van der Waals surface area contributed by atoms with Crippen molar-refractivity contribution in [2.24, 2.45) is 0 Å². The highest BCUT2D eigenvalue weighted by atomic mass is 35.5. The maximum Gasteiger partial charge on any atom is 0.0820 e. The molecule has 0 amide bonds. The minimum Gasteiger partial charge on any atom is -0.377 e. The summed E-state index contributed by atoms with van der Waals surface area (Å²) < 4.78 is 0. The Balaban J connectivity index is 2.15. The van der Waals surface area contributed by atoms with Crippen LogP contribution in [0.15, 0.2) is 18.5 Å². The lowest BCUT2D eigenvalue weighted by atomic mass is 9.83. The largest absolute Gasteiger partial charge is 0.377 e. The molecule has 1 aliphatic rings. The molecule has 0 bridgehead atoms. The quantitative estimate of drug-likeness (QED) is 0.827. The molecule has 1 heterocycles. The van der Waals surface area contributed by atoms with Crippen LogP contribution in [0.5, 0.6) is 0 Å². The number of aromatic nitrogens is 1. The number of pyridine rings is 1. The van der Waals surface area contributed by atoms with Crippen LogP contribution in [0.25, 0.3) is 0 Å². The van der Waals surface area contributed by atoms with Crippen molar-refractivity contribution in [2.75, 3.05) is 11.2 Å². The van der Waals surface area contributed by atoms with Gasteiger partial charge in [-0.1, -0.05) is 30.9 Å². The van der Waals surface area contributed by atoms with Crippen molar-refractivity contribution in [1.82, 2.24) is 4.98 Å². The molecule has 1 saturated carbocycles. The zero-order valence-corrected chi connectivity index (χ0v) is 10.7. The molecule has 1 aromatic heterocycles. The number of nitrogens with zero attached hydrogens (tertiary/aromatic N) is 1. The number of rotatable bonds is 3. The second kappa shape index (κ2) is 5.24. The van der Waals surface area contributed by atoms with Gasteiger partial charge in [-0.25, -0.2) is 0 Å². The molecule has 0 aliphatic heterocycles. The van der Waals surface area contributed by atoms with Crippen molar-refractivity contribution in [2.45, 2.75) is 37.6 Å². The molecular formula is C12H16Cl2N2. The van der Waals surface area contributed by atoms with Crippen LogP contribution in [-0.4, -0.2) is 16.4 Å². The van der Waals surface area contributed by atoms with E-state index < -0.39 is 0 Å². The van der Waals surface area contributed by atoms with E-state index in [9.17, 15) is 0 Å². The lowest BCUT2D eigenvalue weighted by molar-refractivity contribution is 0.353. The third-order valence-electron chi connectivity index (χ3n) is 3.24. The minimum absolute atomic E-state index is 0.0186. The third kappa shape index (κ3) is 2.61. The van der Waals surface area contributed by atoms with Crippen LogP contribution < -0.4 is 5.32 Å². The summed E-state index contributed by atoms with van der Waals surface area (Å²) in [6.07, 6.45) is 9.44. The highest BCUT2D eigenvalue weighted by molar-refractivity contribution is 6.33. The number of nitrogens with one attached hydrogen (secondary N) is 1. The summed E-state index contributed by atoms with van der Waals surface area (Å²) in [5.41, 5.74) is 0.962. The maximum absolute atomic E-state index is 6.12. The fourth-order valence-electron chi connectivity index (χ4n) is 2.28. The fourth-order valence-corrected chi connectivity index (χ4v) is 2.78. The van der Waals surface area contributed by atoms with Crippen molar-refractivity contribution < 1.29 is 0 Å². The molecule has 0 saturated heterocycles. The fraction of sp³-hybridized carbons (Fsp3) is 0.583. The summed E-state index contributed by atoms with van der Waals surface area (Å²) >= 11 is 12.2. The first kappa shape index (κ1) is 12.0. The number of halogens is 2. The van der Waals surface area contributed by atoms with Crippen molar-refractivity contribution in [3.8, 4) is 0 Å². The SMILES string of the molecule is ClCC1(Nc2ccncc2Cl)CCCCC1. The average Bonchev–Trinajstić information content (AvgIpc) is 2.33. The highest BCUT2D eigenvalue weighted by Crippen LogP contribution is 2.34. The van der Waals surface area contributed by atoms with Crippen molar-refractivity contribution in [3.63, 3.8) is 0 Å². The van der Waals surface area contributed by atoms with E-state index in [2.05, 4.69) is 10.3 Å². The number of anilines is 1. The summed E-state index contributed by atoms with van der Waals surface area (Å²) in [5, 5.41) is 4.17. The molecule has 0 aromatic carbocycles. The Kier molecular flexibility index (Phi) is 3.93. The second-order valence-electron chi connectivity index (χ2n) is 4.46. The molecular weight excluding hydrogens is 243 g/mol. The van der Waals surface area contributed by atoms with E-state index in [1.54, 1.807) is 12.4 Å². The molecule has 88 valence electrons. The van der Waals surface area contributed by atoms with Gasteiger partial charge >= 0.3 is 0 Å². The van der Waals surface area contributed by atoms with Crippen LogP contribution in [0.1, 0.15) is 32.1 Å². The van der Waals surface area contributed by atoms with Crippen LogP contribution >= 0.6 is 23.2 Å². The Hall–Kier alpha value is -0.470. The minimum atomic E-state index is 0.0186. The molecule has 2 nitrogen and oxygen atoms in total. The Morgan fingerprint density at radius 2 is 2.06 bits per heavy atom. The van der Waals surface area contributed by atoms with E-state index in [0.717, 1.165) is 18.5 Å². The number of hydrogen-bond donors (Lipinski definition) is 1. The topological polar surface area (TPSA) is 24.9 Å². The molecule has 4 heteroatoms. The van der Waals surface area contributed by atoms with Gasteiger partial charge in [0.05, 0.1) is 16.2 Å². The predicted octanol–water partition coefficient (Wildman–Crippen LogP) is 4.09. The number of alkyl halides is 1. The monoisotopic (exact) mass is 258 g/mol. The second-order valence-corrected chi connectivity index (χ2v) is 5.13. The first-order valence-corrected chi connectivity index (χ1v) is 6.61. The van der Waals surface area contributed by atoms with Crippen LogP contribution in [0.3, 0.4) is 0 Å².